The second-order valence-electron chi connectivity index (χ2n) is 3.98. The Morgan fingerprint density at radius 2 is 2.17 bits per heavy atom. The third-order valence-electron chi connectivity index (χ3n) is 2.56. The lowest BCUT2D eigenvalue weighted by Gasteiger charge is -2.02. The molecule has 0 saturated heterocycles. The third kappa shape index (κ3) is 3.36. The van der Waals surface area contributed by atoms with Crippen molar-refractivity contribution in [3.63, 3.8) is 0 Å². The van der Waals surface area contributed by atoms with E-state index in [1.54, 1.807) is 11.8 Å². The Bertz CT molecular complexity index is 515. The van der Waals surface area contributed by atoms with Gasteiger partial charge in [-0.3, -0.25) is 0 Å². The fraction of sp³-hybridized carbons (Fsp3) is 0.385. The molecule has 5 heteroatoms. The summed E-state index contributed by atoms with van der Waals surface area (Å²) in [6, 6.07) is 8.31. The number of thioether (sulfide) groups is 1. The molecule has 1 atom stereocenters. The van der Waals surface area contributed by atoms with Crippen LogP contribution in [0.4, 0.5) is 0 Å². The molecule has 0 aliphatic carbocycles. The molecular formula is C13H15BrN2OS. The minimum absolute atomic E-state index is 0.155. The van der Waals surface area contributed by atoms with Gasteiger partial charge in [-0.15, -0.1) is 11.8 Å². The van der Waals surface area contributed by atoms with Crippen molar-refractivity contribution in [2.75, 3.05) is 0 Å². The van der Waals surface area contributed by atoms with Gasteiger partial charge >= 0.3 is 0 Å². The number of alkyl halides is 1. The Morgan fingerprint density at radius 3 is 2.89 bits per heavy atom. The number of nitrogens with zero attached hydrogens (tertiary/aromatic N) is 2. The van der Waals surface area contributed by atoms with Gasteiger partial charge < -0.3 is 4.52 Å². The number of benzene rings is 1. The molecule has 0 radical (unpaired) electrons. The Labute approximate surface area is 119 Å². The number of aromatic nitrogens is 2. The fourth-order valence-electron chi connectivity index (χ4n) is 1.49. The van der Waals surface area contributed by atoms with E-state index in [-0.39, 0.29) is 4.83 Å². The van der Waals surface area contributed by atoms with Gasteiger partial charge in [0.1, 0.15) is 0 Å². The molecule has 1 unspecified atom stereocenters. The zero-order chi connectivity index (χ0) is 13.0. The van der Waals surface area contributed by atoms with Gasteiger partial charge in [0.25, 0.3) is 0 Å². The maximum Gasteiger partial charge on any atom is 0.240 e. The first kappa shape index (κ1) is 13.6. The van der Waals surface area contributed by atoms with Crippen LogP contribution < -0.4 is 0 Å². The highest BCUT2D eigenvalue weighted by atomic mass is 79.9. The fourth-order valence-corrected chi connectivity index (χ4v) is 2.55. The van der Waals surface area contributed by atoms with E-state index in [4.69, 9.17) is 4.52 Å². The summed E-state index contributed by atoms with van der Waals surface area (Å²) in [5, 5.41) is 3.99. The molecule has 0 bridgehead atoms. The molecule has 18 heavy (non-hydrogen) atoms. The van der Waals surface area contributed by atoms with Gasteiger partial charge in [-0.2, -0.15) is 4.98 Å². The summed E-state index contributed by atoms with van der Waals surface area (Å²) in [7, 11) is 0. The highest BCUT2D eigenvalue weighted by Crippen LogP contribution is 2.27. The largest absolute Gasteiger partial charge is 0.338 e. The van der Waals surface area contributed by atoms with Crippen molar-refractivity contribution in [2.45, 2.75) is 35.7 Å². The van der Waals surface area contributed by atoms with Crippen LogP contribution in [0.1, 0.15) is 35.5 Å². The molecule has 2 aromatic rings. The topological polar surface area (TPSA) is 38.9 Å². The standard InChI is InChI=1S/C13H15BrN2OS/c1-3-10(14)13-15-12(16-17-13)8-18-11-7-5-4-6-9(11)2/h4-7,10H,3,8H2,1-2H3. The van der Waals surface area contributed by atoms with E-state index < -0.39 is 0 Å². The molecule has 0 amide bonds. The molecule has 96 valence electrons. The van der Waals surface area contributed by atoms with Crippen LogP contribution in [0.3, 0.4) is 0 Å². The van der Waals surface area contributed by atoms with Crippen molar-refractivity contribution in [1.82, 2.24) is 10.1 Å². The Morgan fingerprint density at radius 1 is 1.39 bits per heavy atom. The Kier molecular flexibility index (Phi) is 4.83. The molecule has 1 heterocycles. The minimum Gasteiger partial charge on any atom is -0.338 e. The minimum atomic E-state index is 0.155. The van der Waals surface area contributed by atoms with E-state index in [1.165, 1.54) is 10.5 Å². The highest BCUT2D eigenvalue weighted by molar-refractivity contribution is 9.09. The molecule has 1 aromatic carbocycles. The van der Waals surface area contributed by atoms with Crippen molar-refractivity contribution >= 4 is 27.7 Å². The van der Waals surface area contributed by atoms with Gasteiger partial charge in [-0.05, 0) is 25.0 Å². The molecule has 0 aliphatic heterocycles. The molecule has 0 saturated carbocycles. The summed E-state index contributed by atoms with van der Waals surface area (Å²) in [5.41, 5.74) is 1.28. The van der Waals surface area contributed by atoms with E-state index >= 15 is 0 Å². The lowest BCUT2D eigenvalue weighted by atomic mass is 10.2. The van der Waals surface area contributed by atoms with Crippen molar-refractivity contribution in [1.29, 1.82) is 0 Å². The molecule has 2 rings (SSSR count). The quantitative estimate of drug-likeness (QED) is 0.598. The normalized spacial score (nSPS) is 12.6. The van der Waals surface area contributed by atoms with Crippen LogP contribution >= 0.6 is 27.7 Å². The maximum absolute atomic E-state index is 5.21. The number of rotatable bonds is 5. The van der Waals surface area contributed by atoms with Gasteiger partial charge in [0.2, 0.25) is 5.89 Å². The number of aryl methyl sites for hydroxylation is 1. The molecule has 0 N–H and O–H groups in total. The highest BCUT2D eigenvalue weighted by Gasteiger charge is 2.14. The maximum atomic E-state index is 5.21. The van der Waals surface area contributed by atoms with Crippen LogP contribution in [0, 0.1) is 6.92 Å². The monoisotopic (exact) mass is 326 g/mol. The zero-order valence-electron chi connectivity index (χ0n) is 10.4. The average molecular weight is 327 g/mol. The van der Waals surface area contributed by atoms with Crippen molar-refractivity contribution in [2.24, 2.45) is 0 Å². The number of hydrogen-bond acceptors (Lipinski definition) is 4. The van der Waals surface area contributed by atoms with Crippen LogP contribution in [-0.2, 0) is 5.75 Å². The van der Waals surface area contributed by atoms with Crippen LogP contribution in [0.2, 0.25) is 0 Å². The van der Waals surface area contributed by atoms with Crippen LogP contribution in [0.5, 0.6) is 0 Å². The van der Waals surface area contributed by atoms with Crippen LogP contribution in [0.25, 0.3) is 0 Å². The second-order valence-corrected chi connectivity index (χ2v) is 6.10. The van der Waals surface area contributed by atoms with Gasteiger partial charge in [0.15, 0.2) is 5.82 Å². The van der Waals surface area contributed by atoms with E-state index in [0.29, 0.717) is 5.89 Å². The van der Waals surface area contributed by atoms with Crippen LogP contribution in [0.15, 0.2) is 33.7 Å². The lowest BCUT2D eigenvalue weighted by Crippen LogP contribution is -1.89. The summed E-state index contributed by atoms with van der Waals surface area (Å²) in [6.45, 7) is 4.18. The first-order valence-electron chi connectivity index (χ1n) is 5.85. The first-order valence-corrected chi connectivity index (χ1v) is 7.75. The van der Waals surface area contributed by atoms with Gasteiger partial charge in [0.05, 0.1) is 10.6 Å². The van der Waals surface area contributed by atoms with Gasteiger partial charge in [-0.25, -0.2) is 0 Å². The van der Waals surface area contributed by atoms with Gasteiger partial charge in [0, 0.05) is 4.90 Å². The molecule has 1 aromatic heterocycles. The summed E-state index contributed by atoms with van der Waals surface area (Å²) in [4.78, 5) is 5.79. The zero-order valence-corrected chi connectivity index (χ0v) is 12.8. The summed E-state index contributed by atoms with van der Waals surface area (Å²) in [5.74, 6) is 2.15. The summed E-state index contributed by atoms with van der Waals surface area (Å²) in [6.07, 6.45) is 0.937. The Balaban J connectivity index is 1.98. The molecule has 0 aliphatic rings. The van der Waals surface area contributed by atoms with E-state index in [1.807, 2.05) is 12.1 Å². The molecular weight excluding hydrogens is 312 g/mol. The second kappa shape index (κ2) is 6.38. The summed E-state index contributed by atoms with van der Waals surface area (Å²) >= 11 is 5.24. The molecule has 0 spiro atoms. The van der Waals surface area contributed by atoms with Crippen molar-refractivity contribution < 1.29 is 4.52 Å². The number of hydrogen-bond donors (Lipinski definition) is 0. The lowest BCUT2D eigenvalue weighted by molar-refractivity contribution is 0.372. The number of halogens is 1. The molecule has 3 nitrogen and oxygen atoms in total. The van der Waals surface area contributed by atoms with E-state index in [9.17, 15) is 0 Å². The van der Waals surface area contributed by atoms with Crippen molar-refractivity contribution in [3.05, 3.63) is 41.5 Å². The van der Waals surface area contributed by atoms with E-state index in [0.717, 1.165) is 18.0 Å². The predicted molar refractivity (Wildman–Crippen MR) is 77.0 cm³/mol. The Hall–Kier alpha value is -0.810. The van der Waals surface area contributed by atoms with Crippen LogP contribution in [-0.4, -0.2) is 10.1 Å². The molecule has 0 fully saturated rings. The smallest absolute Gasteiger partial charge is 0.240 e. The average Bonchev–Trinajstić information content (AvgIpc) is 2.86. The van der Waals surface area contributed by atoms with Gasteiger partial charge in [-0.1, -0.05) is 46.2 Å². The third-order valence-corrected chi connectivity index (χ3v) is 4.77. The SMILES string of the molecule is CCC(Br)c1nc(CSc2ccccc2C)no1. The van der Waals surface area contributed by atoms with E-state index in [2.05, 4.69) is 52.1 Å². The summed E-state index contributed by atoms with van der Waals surface area (Å²) < 4.78 is 5.21. The first-order chi connectivity index (χ1) is 8.70. The predicted octanol–water partition coefficient (Wildman–Crippen LogP) is 4.52. The van der Waals surface area contributed by atoms with Crippen molar-refractivity contribution in [3.8, 4) is 0 Å².